The summed E-state index contributed by atoms with van der Waals surface area (Å²) in [6, 6.07) is 12.6. The number of hydrogen-bond donors (Lipinski definition) is 0. The van der Waals surface area contributed by atoms with E-state index in [4.69, 9.17) is 4.74 Å². The van der Waals surface area contributed by atoms with Crippen molar-refractivity contribution in [1.82, 2.24) is 0 Å². The summed E-state index contributed by atoms with van der Waals surface area (Å²) in [5.74, 6) is 0.228. The first-order chi connectivity index (χ1) is 16.2. The van der Waals surface area contributed by atoms with E-state index in [0.29, 0.717) is 17.7 Å². The maximum atomic E-state index is 11.0. The Balaban J connectivity index is 0.000000332. The number of fused-ring (bicyclic) bond motifs is 2. The second-order valence-electron chi connectivity index (χ2n) is 9.05. The van der Waals surface area contributed by atoms with Crippen LogP contribution in [-0.4, -0.2) is 5.97 Å². The van der Waals surface area contributed by atoms with Crippen molar-refractivity contribution in [3.8, 4) is 11.5 Å². The van der Waals surface area contributed by atoms with Gasteiger partial charge < -0.3 is 21.6 Å². The standard InChI is InChI=1S/C16H33.C14H10O3.Zn/c1-3-5-7-9-11-13-15-16-14-12-10-8-6-4-2;15-14(16)10-5-3-7-13-11(10)8-9-4-1-2-6-12(9)17-13;/h1,3-16H2,2H3;1-7H,8H2,(H,15,16);/q-1;;+2/p-1. The molecular weight excluding hydrogens is 474 g/mol. The average Bonchev–Trinajstić information content (AvgIpc) is 2.83. The normalized spacial score (nSPS) is 11.2. The van der Waals surface area contributed by atoms with E-state index in [9.17, 15) is 9.90 Å². The molecule has 0 spiro atoms. The summed E-state index contributed by atoms with van der Waals surface area (Å²) in [6.07, 6.45) is 20.4. The van der Waals surface area contributed by atoms with Crippen molar-refractivity contribution < 1.29 is 34.1 Å². The quantitative estimate of drug-likeness (QED) is 0.124. The second kappa shape index (κ2) is 18.6. The molecule has 182 valence electrons. The van der Waals surface area contributed by atoms with Crippen molar-refractivity contribution in [3.63, 3.8) is 0 Å². The zero-order valence-corrected chi connectivity index (χ0v) is 24.3. The van der Waals surface area contributed by atoms with Crippen LogP contribution < -0.4 is 9.84 Å². The number of para-hydroxylation sites is 1. The first-order valence-corrected chi connectivity index (χ1v) is 13.1. The molecule has 0 saturated heterocycles. The Hall–Kier alpha value is -1.67. The molecule has 1 aliphatic rings. The topological polar surface area (TPSA) is 49.4 Å². The van der Waals surface area contributed by atoms with Gasteiger partial charge in [-0.25, -0.2) is 0 Å². The maximum absolute atomic E-state index is 11.0. The molecule has 0 amide bonds. The number of benzene rings is 2. The summed E-state index contributed by atoms with van der Waals surface area (Å²) in [6.45, 7) is 6.16. The molecule has 0 saturated carbocycles. The number of ether oxygens (including phenoxy) is 1. The Morgan fingerprint density at radius 1 is 0.794 bits per heavy atom. The minimum Gasteiger partial charge on any atom is -0.545 e. The zero-order valence-electron chi connectivity index (χ0n) is 21.3. The molecule has 2 aromatic carbocycles. The molecule has 0 aromatic heterocycles. The van der Waals surface area contributed by atoms with Gasteiger partial charge in [0.2, 0.25) is 0 Å². The third-order valence-corrected chi connectivity index (χ3v) is 6.27. The van der Waals surface area contributed by atoms with Gasteiger partial charge in [0, 0.05) is 17.5 Å². The van der Waals surface area contributed by atoms with Crippen molar-refractivity contribution in [1.29, 1.82) is 0 Å². The molecule has 0 N–H and O–H groups in total. The molecule has 3 nitrogen and oxygen atoms in total. The third-order valence-electron chi connectivity index (χ3n) is 6.27. The first-order valence-electron chi connectivity index (χ1n) is 13.1. The number of carboxylic acids is 1. The van der Waals surface area contributed by atoms with Gasteiger partial charge in [0.05, 0.1) is 5.97 Å². The maximum Gasteiger partial charge on any atom is 2.00 e. The molecule has 0 fully saturated rings. The number of carboxylic acid groups (broad SMARTS) is 1. The Bertz CT molecular complexity index is 804. The van der Waals surface area contributed by atoms with E-state index in [1.165, 1.54) is 83.5 Å². The first kappa shape index (κ1) is 30.4. The van der Waals surface area contributed by atoms with Gasteiger partial charge in [-0.2, -0.15) is 6.42 Å². The molecule has 0 bridgehead atoms. The van der Waals surface area contributed by atoms with Crippen LogP contribution in [0.4, 0.5) is 0 Å². The predicted octanol–water partition coefficient (Wildman–Crippen LogP) is 8.05. The Morgan fingerprint density at radius 3 is 1.88 bits per heavy atom. The van der Waals surface area contributed by atoms with E-state index in [-0.39, 0.29) is 25.0 Å². The van der Waals surface area contributed by atoms with Gasteiger partial charge in [0.1, 0.15) is 11.5 Å². The summed E-state index contributed by atoms with van der Waals surface area (Å²) in [5.41, 5.74) is 1.89. The van der Waals surface area contributed by atoms with Crippen molar-refractivity contribution in [2.75, 3.05) is 0 Å². The minimum atomic E-state index is -1.16. The smallest absolute Gasteiger partial charge is 0.545 e. The monoisotopic (exact) mass is 514 g/mol. The van der Waals surface area contributed by atoms with Crippen LogP contribution in [0.3, 0.4) is 0 Å². The SMILES string of the molecule is O=C([O-])c1cccc2c1Cc1ccccc1O2.[CH2-]CCCCCCCCCCCCCCC.[Zn+2]. The molecule has 4 heteroatoms. The van der Waals surface area contributed by atoms with Gasteiger partial charge >= 0.3 is 19.5 Å². The molecule has 0 aliphatic carbocycles. The van der Waals surface area contributed by atoms with Crippen molar-refractivity contribution >= 4 is 5.97 Å². The van der Waals surface area contributed by atoms with E-state index in [0.717, 1.165) is 17.7 Å². The third kappa shape index (κ3) is 11.2. The summed E-state index contributed by atoms with van der Waals surface area (Å²) in [5, 5.41) is 11.0. The molecule has 34 heavy (non-hydrogen) atoms. The van der Waals surface area contributed by atoms with E-state index in [1.807, 2.05) is 24.3 Å². The minimum absolute atomic E-state index is 0. The van der Waals surface area contributed by atoms with Crippen LogP contribution in [0.25, 0.3) is 0 Å². The molecule has 2 aromatic rings. The fourth-order valence-electron chi connectivity index (χ4n) is 4.29. The molecule has 3 rings (SSSR count). The van der Waals surface area contributed by atoms with Crippen LogP contribution in [0.1, 0.15) is 118 Å². The van der Waals surface area contributed by atoms with Crippen LogP contribution in [-0.2, 0) is 25.9 Å². The molecule has 1 aliphatic heterocycles. The van der Waals surface area contributed by atoms with Gasteiger partial charge in [-0.1, -0.05) is 121 Å². The van der Waals surface area contributed by atoms with Crippen LogP contribution >= 0.6 is 0 Å². The summed E-state index contributed by atoms with van der Waals surface area (Å²) >= 11 is 0. The Morgan fingerprint density at radius 2 is 1.32 bits per heavy atom. The second-order valence-corrected chi connectivity index (χ2v) is 9.05. The van der Waals surface area contributed by atoms with Gasteiger partial charge in [-0.3, -0.25) is 0 Å². The van der Waals surface area contributed by atoms with E-state index < -0.39 is 5.97 Å². The van der Waals surface area contributed by atoms with Gasteiger partial charge in [-0.15, -0.1) is 0 Å². The largest absolute Gasteiger partial charge is 2.00 e. The number of carbonyl (C=O) groups excluding carboxylic acids is 1. The molecule has 0 atom stereocenters. The van der Waals surface area contributed by atoms with Gasteiger partial charge in [0.25, 0.3) is 0 Å². The number of carbonyl (C=O) groups is 1. The Labute approximate surface area is 220 Å². The molecular formula is C30H42O3Zn. The summed E-state index contributed by atoms with van der Waals surface area (Å²) in [4.78, 5) is 11.0. The van der Waals surface area contributed by atoms with Crippen LogP contribution in [0, 0.1) is 6.92 Å². The van der Waals surface area contributed by atoms with Crippen LogP contribution in [0.2, 0.25) is 0 Å². The number of unbranched alkanes of at least 4 members (excludes halogenated alkanes) is 13. The number of hydrogen-bond acceptors (Lipinski definition) is 3. The van der Waals surface area contributed by atoms with Crippen LogP contribution in [0.5, 0.6) is 11.5 Å². The summed E-state index contributed by atoms with van der Waals surface area (Å²) in [7, 11) is 0. The van der Waals surface area contributed by atoms with Gasteiger partial charge in [0.15, 0.2) is 0 Å². The Kier molecular flexibility index (Phi) is 16.6. The average molecular weight is 516 g/mol. The van der Waals surface area contributed by atoms with E-state index in [2.05, 4.69) is 13.8 Å². The summed E-state index contributed by atoms with van der Waals surface area (Å²) < 4.78 is 5.68. The van der Waals surface area contributed by atoms with E-state index >= 15 is 0 Å². The molecule has 1 heterocycles. The fraction of sp³-hybridized carbons (Fsp3) is 0.533. The molecule has 0 unspecified atom stereocenters. The van der Waals surface area contributed by atoms with Crippen molar-refractivity contribution in [2.24, 2.45) is 0 Å². The van der Waals surface area contributed by atoms with Crippen LogP contribution in [0.15, 0.2) is 42.5 Å². The van der Waals surface area contributed by atoms with Crippen molar-refractivity contribution in [2.45, 2.75) is 103 Å². The number of rotatable bonds is 14. The van der Waals surface area contributed by atoms with E-state index in [1.54, 1.807) is 18.2 Å². The number of aromatic carboxylic acids is 1. The predicted molar refractivity (Wildman–Crippen MR) is 136 cm³/mol. The van der Waals surface area contributed by atoms with Crippen molar-refractivity contribution in [3.05, 3.63) is 66.1 Å². The molecule has 0 radical (unpaired) electrons. The van der Waals surface area contributed by atoms with Gasteiger partial charge in [-0.05, 0) is 17.7 Å². The fourth-order valence-corrected chi connectivity index (χ4v) is 4.29. The zero-order chi connectivity index (χ0) is 23.7.